The Morgan fingerprint density at radius 1 is 1.27 bits per heavy atom. The monoisotopic (exact) mass is 356 g/mol. The van der Waals surface area contributed by atoms with E-state index in [1.807, 2.05) is 51.2 Å². The fourth-order valence-electron chi connectivity index (χ4n) is 3.21. The molecule has 5 nitrogen and oxygen atoms in total. The molecule has 2 aromatic rings. The van der Waals surface area contributed by atoms with E-state index in [9.17, 15) is 9.90 Å². The van der Waals surface area contributed by atoms with Crippen LogP contribution < -0.4 is 11.1 Å². The lowest BCUT2D eigenvalue weighted by Crippen LogP contribution is -2.14. The zero-order chi connectivity index (χ0) is 19.3. The van der Waals surface area contributed by atoms with Crippen molar-refractivity contribution in [2.75, 3.05) is 24.7 Å². The minimum Gasteiger partial charge on any atom is -0.466 e. The summed E-state index contributed by atoms with van der Waals surface area (Å²) in [5.41, 5.74) is 12.6. The van der Waals surface area contributed by atoms with Crippen molar-refractivity contribution >= 4 is 17.3 Å². The topological polar surface area (TPSA) is 84.6 Å². The molecule has 0 spiro atoms. The van der Waals surface area contributed by atoms with Crippen LogP contribution in [0.2, 0.25) is 0 Å². The average molecular weight is 356 g/mol. The third kappa shape index (κ3) is 4.17. The number of esters is 1. The maximum Gasteiger partial charge on any atom is 0.306 e. The molecule has 140 valence electrons. The number of ether oxygens (including phenoxy) is 1. The molecule has 1 atom stereocenters. The van der Waals surface area contributed by atoms with Crippen molar-refractivity contribution in [1.29, 1.82) is 0 Å². The van der Waals surface area contributed by atoms with E-state index in [0.29, 0.717) is 12.3 Å². The quantitative estimate of drug-likeness (QED) is 0.522. The third-order valence-corrected chi connectivity index (χ3v) is 4.82. The van der Waals surface area contributed by atoms with Gasteiger partial charge in [-0.15, -0.1) is 0 Å². The second-order valence-electron chi connectivity index (χ2n) is 6.40. The Labute approximate surface area is 155 Å². The minimum absolute atomic E-state index is 0.0361. The van der Waals surface area contributed by atoms with Gasteiger partial charge < -0.3 is 20.9 Å². The first-order valence-electron chi connectivity index (χ1n) is 8.85. The molecule has 1 unspecified atom stereocenters. The Hall–Kier alpha value is -2.53. The van der Waals surface area contributed by atoms with Crippen LogP contribution in [0.4, 0.5) is 11.4 Å². The Kier molecular flexibility index (Phi) is 6.64. The fraction of sp³-hybridized carbons (Fsp3) is 0.381. The summed E-state index contributed by atoms with van der Waals surface area (Å²) in [5.74, 6) is -0.438. The van der Waals surface area contributed by atoms with Crippen LogP contribution in [0.3, 0.4) is 0 Å². The van der Waals surface area contributed by atoms with Crippen LogP contribution in [0.1, 0.15) is 47.1 Å². The number of aliphatic hydroxyl groups excluding tert-OH is 1. The largest absolute Gasteiger partial charge is 0.466 e. The Morgan fingerprint density at radius 3 is 2.62 bits per heavy atom. The van der Waals surface area contributed by atoms with Crippen molar-refractivity contribution in [1.82, 2.24) is 0 Å². The van der Waals surface area contributed by atoms with Crippen LogP contribution >= 0.6 is 0 Å². The molecule has 0 heterocycles. The van der Waals surface area contributed by atoms with Crippen LogP contribution in [0, 0.1) is 13.8 Å². The van der Waals surface area contributed by atoms with Gasteiger partial charge in [-0.25, -0.2) is 0 Å². The van der Waals surface area contributed by atoms with Crippen LogP contribution in [0.15, 0.2) is 30.3 Å². The highest BCUT2D eigenvalue weighted by Gasteiger charge is 2.23. The summed E-state index contributed by atoms with van der Waals surface area (Å²) in [5, 5.41) is 12.7. The van der Waals surface area contributed by atoms with Gasteiger partial charge in [0, 0.05) is 13.0 Å². The first-order valence-corrected chi connectivity index (χ1v) is 8.85. The number of benzene rings is 2. The number of nitrogens with one attached hydrogen (secondary N) is 1. The Balaban J connectivity index is 2.55. The molecule has 0 saturated heterocycles. The molecular weight excluding hydrogens is 328 g/mol. The lowest BCUT2D eigenvalue weighted by Gasteiger charge is -2.22. The number of nitrogens with two attached hydrogens (primary N) is 1. The Morgan fingerprint density at radius 2 is 2.00 bits per heavy atom. The van der Waals surface area contributed by atoms with Gasteiger partial charge in [0.15, 0.2) is 0 Å². The molecule has 0 bridgehead atoms. The summed E-state index contributed by atoms with van der Waals surface area (Å²) < 4.78 is 5.18. The van der Waals surface area contributed by atoms with E-state index in [1.165, 1.54) is 0 Å². The van der Waals surface area contributed by atoms with E-state index in [-0.39, 0.29) is 24.9 Å². The minimum atomic E-state index is -0.251. The van der Waals surface area contributed by atoms with Crippen LogP contribution in [0.5, 0.6) is 0 Å². The molecule has 0 fully saturated rings. The predicted molar refractivity (Wildman–Crippen MR) is 105 cm³/mol. The second-order valence-corrected chi connectivity index (χ2v) is 6.40. The van der Waals surface area contributed by atoms with E-state index in [1.54, 1.807) is 6.92 Å². The molecule has 0 radical (unpaired) electrons. The number of anilines is 2. The van der Waals surface area contributed by atoms with Gasteiger partial charge in [0.1, 0.15) is 0 Å². The summed E-state index contributed by atoms with van der Waals surface area (Å²) in [7, 11) is 1.83. The molecule has 0 aliphatic carbocycles. The van der Waals surface area contributed by atoms with Crippen molar-refractivity contribution in [3.63, 3.8) is 0 Å². The van der Waals surface area contributed by atoms with Crippen molar-refractivity contribution in [2.24, 2.45) is 0 Å². The smallest absolute Gasteiger partial charge is 0.306 e. The van der Waals surface area contributed by atoms with Gasteiger partial charge in [0.05, 0.1) is 31.0 Å². The highest BCUT2D eigenvalue weighted by Crippen LogP contribution is 2.36. The molecule has 2 aromatic carbocycles. The number of aliphatic hydroxyl groups is 1. The molecule has 2 rings (SSSR count). The zero-order valence-corrected chi connectivity index (χ0v) is 15.9. The van der Waals surface area contributed by atoms with E-state index < -0.39 is 0 Å². The lowest BCUT2D eigenvalue weighted by atomic mass is 9.84. The predicted octanol–water partition coefficient (Wildman–Crippen LogP) is 3.50. The number of nitrogen functional groups attached to an aromatic ring is 1. The molecule has 5 heteroatoms. The number of rotatable bonds is 7. The molecule has 0 aromatic heterocycles. The molecule has 0 aliphatic rings. The van der Waals surface area contributed by atoms with E-state index in [0.717, 1.165) is 33.5 Å². The standard InChI is InChI=1S/C21H28N2O3/c1-5-26-20(25)11-18(15-7-6-13(2)16(10-15)12-24)17-8-9-19(23-4)21(22)14(17)3/h6-10,18,23-24H,5,11-12,22H2,1-4H3. The molecule has 0 saturated carbocycles. The first kappa shape index (κ1) is 19.8. The summed E-state index contributed by atoms with van der Waals surface area (Å²) in [6.45, 7) is 6.03. The van der Waals surface area contributed by atoms with Crippen LogP contribution in [-0.2, 0) is 16.1 Å². The van der Waals surface area contributed by atoms with Crippen molar-refractivity contribution < 1.29 is 14.6 Å². The number of aryl methyl sites for hydroxylation is 1. The molecular formula is C21H28N2O3. The highest BCUT2D eigenvalue weighted by molar-refractivity contribution is 5.75. The molecule has 0 amide bonds. The molecule has 4 N–H and O–H groups in total. The van der Waals surface area contributed by atoms with Gasteiger partial charge in [-0.05, 0) is 54.7 Å². The summed E-state index contributed by atoms with van der Waals surface area (Å²) in [6, 6.07) is 9.86. The maximum atomic E-state index is 12.2. The van der Waals surface area contributed by atoms with Gasteiger partial charge in [0.25, 0.3) is 0 Å². The molecule has 0 aliphatic heterocycles. The van der Waals surface area contributed by atoms with E-state index in [2.05, 4.69) is 5.32 Å². The SMILES string of the molecule is CCOC(=O)CC(c1ccc(C)c(CO)c1)c1ccc(NC)c(N)c1C. The zero-order valence-electron chi connectivity index (χ0n) is 15.9. The Bertz CT molecular complexity index is 787. The number of hydrogen-bond donors (Lipinski definition) is 3. The van der Waals surface area contributed by atoms with Crippen LogP contribution in [0.25, 0.3) is 0 Å². The number of carbonyl (C=O) groups is 1. The first-order chi connectivity index (χ1) is 12.4. The van der Waals surface area contributed by atoms with Gasteiger partial charge in [-0.3, -0.25) is 4.79 Å². The average Bonchev–Trinajstić information content (AvgIpc) is 2.63. The summed E-state index contributed by atoms with van der Waals surface area (Å²) >= 11 is 0. The van der Waals surface area contributed by atoms with Gasteiger partial charge in [-0.1, -0.05) is 24.3 Å². The second kappa shape index (κ2) is 8.72. The highest BCUT2D eigenvalue weighted by atomic mass is 16.5. The number of hydrogen-bond acceptors (Lipinski definition) is 5. The van der Waals surface area contributed by atoms with Crippen molar-refractivity contribution in [3.05, 3.63) is 58.1 Å². The fourth-order valence-corrected chi connectivity index (χ4v) is 3.21. The van der Waals surface area contributed by atoms with Gasteiger partial charge >= 0.3 is 5.97 Å². The van der Waals surface area contributed by atoms with E-state index in [4.69, 9.17) is 10.5 Å². The van der Waals surface area contributed by atoms with Crippen molar-refractivity contribution in [3.8, 4) is 0 Å². The van der Waals surface area contributed by atoms with Crippen LogP contribution in [-0.4, -0.2) is 24.7 Å². The van der Waals surface area contributed by atoms with Gasteiger partial charge in [-0.2, -0.15) is 0 Å². The maximum absolute atomic E-state index is 12.2. The van der Waals surface area contributed by atoms with Gasteiger partial charge in [0.2, 0.25) is 0 Å². The third-order valence-electron chi connectivity index (χ3n) is 4.82. The normalized spacial score (nSPS) is 11.9. The summed E-state index contributed by atoms with van der Waals surface area (Å²) in [4.78, 5) is 12.2. The van der Waals surface area contributed by atoms with E-state index >= 15 is 0 Å². The number of carbonyl (C=O) groups excluding carboxylic acids is 1. The molecule has 26 heavy (non-hydrogen) atoms. The lowest BCUT2D eigenvalue weighted by molar-refractivity contribution is -0.143. The summed E-state index contributed by atoms with van der Waals surface area (Å²) in [6.07, 6.45) is 0.223. The van der Waals surface area contributed by atoms with Crippen molar-refractivity contribution in [2.45, 2.75) is 39.7 Å².